The van der Waals surface area contributed by atoms with Gasteiger partial charge in [0.05, 0.1) is 29.1 Å². The molecular weight excluding hydrogens is 255 g/mol. The van der Waals surface area contributed by atoms with Crippen molar-refractivity contribution in [3.63, 3.8) is 0 Å². The summed E-state index contributed by atoms with van der Waals surface area (Å²) in [6, 6.07) is 0. The molecular formula is C6H9IN4. The molecule has 0 aliphatic rings. The molecule has 0 heterocycles. The van der Waals surface area contributed by atoms with E-state index < -0.39 is 0 Å². The van der Waals surface area contributed by atoms with Crippen molar-refractivity contribution >= 4 is 29.2 Å². The number of azo groups is 1. The maximum atomic E-state index is 6.52. The van der Waals surface area contributed by atoms with Crippen molar-refractivity contribution in [3.8, 4) is 0 Å². The fourth-order valence-electron chi connectivity index (χ4n) is 0.357. The first-order chi connectivity index (χ1) is 5.31. The predicted octanol–water partition coefficient (Wildman–Crippen LogP) is 2.70. The largest absolute Gasteiger partial charge is 0.296 e. The van der Waals surface area contributed by atoms with Crippen molar-refractivity contribution in [2.24, 2.45) is 10.2 Å². The Morgan fingerprint density at radius 2 is 2.09 bits per heavy atom. The van der Waals surface area contributed by atoms with Crippen LogP contribution in [-0.2, 0) is 0 Å². The molecule has 0 aliphatic carbocycles. The SMILES string of the molecule is C/C=C\N(I)/C=C\N=NC=N. The molecule has 1 N–H and O–H groups in total. The molecule has 0 spiro atoms. The molecule has 0 aromatic heterocycles. The van der Waals surface area contributed by atoms with Crippen molar-refractivity contribution < 1.29 is 0 Å². The van der Waals surface area contributed by atoms with Gasteiger partial charge in [-0.1, -0.05) is 6.08 Å². The number of hydrogen-bond acceptors (Lipinski definition) is 3. The Labute approximate surface area is 79.7 Å². The highest BCUT2D eigenvalue weighted by atomic mass is 127. The van der Waals surface area contributed by atoms with Gasteiger partial charge in [0.2, 0.25) is 0 Å². The lowest BCUT2D eigenvalue weighted by Crippen LogP contribution is -1.87. The fourth-order valence-corrected chi connectivity index (χ4v) is 0.823. The summed E-state index contributed by atoms with van der Waals surface area (Å²) in [7, 11) is 0. The van der Waals surface area contributed by atoms with E-state index in [4.69, 9.17) is 5.41 Å². The van der Waals surface area contributed by atoms with Crippen LogP contribution in [0.3, 0.4) is 0 Å². The molecule has 0 unspecified atom stereocenters. The van der Waals surface area contributed by atoms with Gasteiger partial charge >= 0.3 is 0 Å². The van der Waals surface area contributed by atoms with Gasteiger partial charge < -0.3 is 0 Å². The molecule has 0 aromatic rings. The summed E-state index contributed by atoms with van der Waals surface area (Å²) in [5.41, 5.74) is 0. The van der Waals surface area contributed by atoms with Crippen molar-refractivity contribution in [1.29, 1.82) is 5.41 Å². The maximum Gasteiger partial charge on any atom is 0.129 e. The first-order valence-corrected chi connectivity index (χ1v) is 3.90. The Morgan fingerprint density at radius 1 is 1.36 bits per heavy atom. The van der Waals surface area contributed by atoms with Crippen LogP contribution >= 0.6 is 22.9 Å². The molecule has 60 valence electrons. The van der Waals surface area contributed by atoms with Crippen LogP contribution in [0, 0.1) is 5.41 Å². The number of nitrogens with one attached hydrogen (secondary N) is 1. The summed E-state index contributed by atoms with van der Waals surface area (Å²) < 4.78 is 1.81. The molecule has 0 fully saturated rings. The maximum absolute atomic E-state index is 6.52. The summed E-state index contributed by atoms with van der Waals surface area (Å²) in [4.78, 5) is 0. The van der Waals surface area contributed by atoms with Crippen molar-refractivity contribution in [2.45, 2.75) is 6.92 Å². The van der Waals surface area contributed by atoms with Crippen molar-refractivity contribution in [2.75, 3.05) is 0 Å². The van der Waals surface area contributed by atoms with Crippen LogP contribution in [0.4, 0.5) is 0 Å². The smallest absolute Gasteiger partial charge is 0.129 e. The number of halogens is 1. The van der Waals surface area contributed by atoms with Gasteiger partial charge in [-0.15, -0.1) is 5.11 Å². The zero-order valence-electron chi connectivity index (χ0n) is 6.11. The average molecular weight is 264 g/mol. The zero-order valence-corrected chi connectivity index (χ0v) is 8.26. The van der Waals surface area contributed by atoms with Crippen LogP contribution in [0.25, 0.3) is 0 Å². The number of allylic oxidation sites excluding steroid dienone is 1. The highest BCUT2D eigenvalue weighted by molar-refractivity contribution is 14.1. The van der Waals surface area contributed by atoms with Gasteiger partial charge in [-0.25, -0.2) is 0 Å². The van der Waals surface area contributed by atoms with Gasteiger partial charge in [0.15, 0.2) is 0 Å². The highest BCUT2D eigenvalue weighted by Crippen LogP contribution is 2.00. The van der Waals surface area contributed by atoms with E-state index in [1.807, 2.05) is 19.2 Å². The minimum absolute atomic E-state index is 0.886. The molecule has 0 aromatic carbocycles. The topological polar surface area (TPSA) is 51.8 Å². The van der Waals surface area contributed by atoms with Crippen LogP contribution in [-0.4, -0.2) is 9.45 Å². The molecule has 0 radical (unpaired) electrons. The van der Waals surface area contributed by atoms with E-state index in [1.54, 1.807) is 9.31 Å². The van der Waals surface area contributed by atoms with Gasteiger partial charge in [0.1, 0.15) is 6.34 Å². The second-order valence-electron chi connectivity index (χ2n) is 1.48. The molecule has 0 atom stereocenters. The van der Waals surface area contributed by atoms with Gasteiger partial charge in [-0.2, -0.15) is 5.11 Å². The van der Waals surface area contributed by atoms with E-state index in [0.717, 1.165) is 6.34 Å². The summed E-state index contributed by atoms with van der Waals surface area (Å²) >= 11 is 2.09. The number of nitrogens with zero attached hydrogens (tertiary/aromatic N) is 3. The van der Waals surface area contributed by atoms with E-state index in [2.05, 4.69) is 33.1 Å². The average Bonchev–Trinajstić information content (AvgIpc) is 1.99. The summed E-state index contributed by atoms with van der Waals surface area (Å²) in [5.74, 6) is 0. The van der Waals surface area contributed by atoms with E-state index in [0.29, 0.717) is 0 Å². The van der Waals surface area contributed by atoms with Gasteiger partial charge in [0.25, 0.3) is 0 Å². The lowest BCUT2D eigenvalue weighted by Gasteiger charge is -1.99. The third kappa shape index (κ3) is 7.17. The summed E-state index contributed by atoms with van der Waals surface area (Å²) in [6.45, 7) is 1.93. The second-order valence-corrected chi connectivity index (χ2v) is 2.60. The van der Waals surface area contributed by atoms with Crippen LogP contribution in [0.15, 0.2) is 34.9 Å². The first kappa shape index (κ1) is 10.3. The standard InChI is InChI=1S/C6H9IN4/c1-2-4-11(7)5-3-9-10-6-8/h2-6,8H,1H3/b4-2-,5-3-,8-6?,10-9?. The molecule has 0 saturated carbocycles. The molecule has 11 heavy (non-hydrogen) atoms. The first-order valence-electron chi connectivity index (χ1n) is 2.93. The molecule has 5 heteroatoms. The molecule has 0 amide bonds. The Hall–Kier alpha value is -0.720. The Bertz CT molecular complexity index is 185. The van der Waals surface area contributed by atoms with Crippen molar-refractivity contribution in [3.05, 3.63) is 24.7 Å². The third-order valence-electron chi connectivity index (χ3n) is 0.692. The summed E-state index contributed by atoms with van der Waals surface area (Å²) in [6.07, 6.45) is 7.91. The third-order valence-corrected chi connectivity index (χ3v) is 1.33. The lowest BCUT2D eigenvalue weighted by molar-refractivity contribution is 0.907. The minimum Gasteiger partial charge on any atom is -0.296 e. The van der Waals surface area contributed by atoms with Crippen LogP contribution < -0.4 is 0 Å². The van der Waals surface area contributed by atoms with Crippen LogP contribution in [0.2, 0.25) is 0 Å². The normalized spacial score (nSPS) is 11.8. The zero-order chi connectivity index (χ0) is 8.53. The van der Waals surface area contributed by atoms with Gasteiger partial charge in [-0.3, -0.25) is 8.52 Å². The van der Waals surface area contributed by atoms with Crippen LogP contribution in [0.1, 0.15) is 6.92 Å². The molecule has 0 saturated heterocycles. The summed E-state index contributed by atoms with van der Waals surface area (Å²) in [5, 5.41) is 13.4. The fraction of sp³-hybridized carbons (Fsp3) is 0.167. The quantitative estimate of drug-likeness (QED) is 0.274. The van der Waals surface area contributed by atoms with E-state index in [-0.39, 0.29) is 0 Å². The molecule has 0 aliphatic heterocycles. The lowest BCUT2D eigenvalue weighted by atomic mass is 10.7. The van der Waals surface area contributed by atoms with Crippen molar-refractivity contribution in [1.82, 2.24) is 3.11 Å². The monoisotopic (exact) mass is 264 g/mol. The Balaban J connectivity index is 3.72. The molecule has 0 bridgehead atoms. The Kier molecular flexibility index (Phi) is 6.90. The number of rotatable bonds is 4. The number of hydrogen-bond donors (Lipinski definition) is 1. The highest BCUT2D eigenvalue weighted by Gasteiger charge is 1.79. The minimum atomic E-state index is 0.886. The molecule has 0 rings (SSSR count). The van der Waals surface area contributed by atoms with E-state index >= 15 is 0 Å². The second kappa shape index (κ2) is 7.39. The Morgan fingerprint density at radius 3 is 2.64 bits per heavy atom. The van der Waals surface area contributed by atoms with E-state index in [9.17, 15) is 0 Å². The molecule has 4 nitrogen and oxygen atoms in total. The van der Waals surface area contributed by atoms with E-state index in [1.165, 1.54) is 6.20 Å². The van der Waals surface area contributed by atoms with Gasteiger partial charge in [0, 0.05) is 12.4 Å². The van der Waals surface area contributed by atoms with Gasteiger partial charge in [-0.05, 0) is 6.92 Å². The predicted molar refractivity (Wildman–Crippen MR) is 53.5 cm³/mol. The van der Waals surface area contributed by atoms with Crippen LogP contribution in [0.5, 0.6) is 0 Å².